The second kappa shape index (κ2) is 41.7. The summed E-state index contributed by atoms with van der Waals surface area (Å²) >= 11 is 0. The number of aliphatic hydroxyl groups excluding tert-OH is 3. The molecule has 0 aliphatic rings. The predicted octanol–water partition coefficient (Wildman–Crippen LogP) is 7.67. The third-order valence-corrected chi connectivity index (χ3v) is 14.5. The summed E-state index contributed by atoms with van der Waals surface area (Å²) in [6, 6.07) is 66.4. The van der Waals surface area contributed by atoms with Crippen LogP contribution in [0.15, 0.2) is 218 Å². The predicted molar refractivity (Wildman–Crippen MR) is 362 cm³/mol. The number of amides is 7. The van der Waals surface area contributed by atoms with E-state index in [9.17, 15) is 53.7 Å². The molecule has 0 heterocycles. The van der Waals surface area contributed by atoms with Gasteiger partial charge in [0, 0.05) is 95.3 Å². The maximum Gasteiger partial charge on any atom is 0.310 e. The zero-order chi connectivity index (χ0) is 67.9. The molecule has 0 aromatic heterocycles. The van der Waals surface area contributed by atoms with Crippen molar-refractivity contribution in [3.63, 3.8) is 0 Å². The van der Waals surface area contributed by atoms with Gasteiger partial charge in [-0.25, -0.2) is 0 Å². The molecule has 0 fully saturated rings. The van der Waals surface area contributed by atoms with E-state index in [0.717, 1.165) is 46.2 Å². The van der Waals surface area contributed by atoms with Crippen molar-refractivity contribution in [3.05, 3.63) is 285 Å². The van der Waals surface area contributed by atoms with E-state index >= 15 is 0 Å². The van der Waals surface area contributed by atoms with E-state index in [1.54, 1.807) is 128 Å². The summed E-state index contributed by atoms with van der Waals surface area (Å²) in [6.07, 6.45) is 2.47. The smallest absolute Gasteiger partial charge is 0.310 e. The van der Waals surface area contributed by atoms with Crippen LogP contribution in [-0.2, 0) is 64.4 Å². The lowest BCUT2D eigenvalue weighted by Gasteiger charge is -2.22. The lowest BCUT2D eigenvalue weighted by molar-refractivity contribution is -0.143. The fourth-order valence-corrected chi connectivity index (χ4v) is 9.35. The first-order valence-electron chi connectivity index (χ1n) is 30.9. The minimum atomic E-state index is -0.245. The summed E-state index contributed by atoms with van der Waals surface area (Å²) in [5, 5.41) is 37.9. The number of esters is 1. The van der Waals surface area contributed by atoms with Gasteiger partial charge in [0.15, 0.2) is 0 Å². The summed E-state index contributed by atoms with van der Waals surface area (Å²) < 4.78 is 5.25. The summed E-state index contributed by atoms with van der Waals surface area (Å²) in [7, 11) is 6.33. The highest BCUT2D eigenvalue weighted by molar-refractivity contribution is 5.96. The van der Waals surface area contributed by atoms with Crippen LogP contribution in [0.3, 0.4) is 0 Å². The van der Waals surface area contributed by atoms with Gasteiger partial charge in [0.25, 0.3) is 29.5 Å². The van der Waals surface area contributed by atoms with E-state index in [1.807, 2.05) is 121 Å². The average Bonchev–Trinajstić information content (AvgIpc) is 1.19. The SMILES string of the molecule is CNC(=O)c1ccc(CC(=O)N(CCO)Cc2ccccc2)cc1.CNC(=O)c1ccc(CC(=O)OCCCc2ccccc2)cc1.CNC(=O)c1ccc(CN(CCO)C(=O)Cc2ccccc2)cc1.CNC(=O)c1ccc(CN(CCO)C(=O)c2ccccc2)cc1. The Labute approximate surface area is 550 Å². The number of carbonyl (C=O) groups excluding carboxylic acids is 8. The van der Waals surface area contributed by atoms with Crippen LogP contribution in [0.2, 0.25) is 0 Å². The Bertz CT molecular complexity index is 3580. The molecule has 8 rings (SSSR count). The molecular formula is C75H85N7O12. The van der Waals surface area contributed by atoms with Gasteiger partial charge in [0.05, 0.1) is 45.7 Å². The van der Waals surface area contributed by atoms with Gasteiger partial charge in [-0.15, -0.1) is 0 Å². The highest BCUT2D eigenvalue weighted by Gasteiger charge is 2.19. The number of rotatable bonds is 27. The Kier molecular flexibility index (Phi) is 32.9. The largest absolute Gasteiger partial charge is 0.465 e. The zero-order valence-electron chi connectivity index (χ0n) is 53.7. The van der Waals surface area contributed by atoms with Gasteiger partial charge in [-0.3, -0.25) is 38.4 Å². The molecule has 0 bridgehead atoms. The summed E-state index contributed by atoms with van der Waals surface area (Å²) in [4.78, 5) is 100. The summed E-state index contributed by atoms with van der Waals surface area (Å²) in [5.74, 6) is -1.05. The Morgan fingerprint density at radius 3 is 0.979 bits per heavy atom. The van der Waals surface area contributed by atoms with Crippen molar-refractivity contribution >= 4 is 47.3 Å². The molecule has 0 saturated carbocycles. The molecule has 19 heteroatoms. The number of ether oxygens (including phenoxy) is 1. The molecule has 8 aromatic carbocycles. The minimum absolute atomic E-state index is 0.0365. The van der Waals surface area contributed by atoms with Crippen LogP contribution >= 0.6 is 0 Å². The van der Waals surface area contributed by atoms with Crippen molar-refractivity contribution in [2.75, 3.05) is 74.3 Å². The fraction of sp³-hybridized carbons (Fsp3) is 0.253. The lowest BCUT2D eigenvalue weighted by atomic mass is 10.1. The Balaban J connectivity index is 0.000000227. The highest BCUT2D eigenvalue weighted by Crippen LogP contribution is 2.15. The van der Waals surface area contributed by atoms with Gasteiger partial charge in [0.2, 0.25) is 11.8 Å². The lowest BCUT2D eigenvalue weighted by Crippen LogP contribution is -2.34. The summed E-state index contributed by atoms with van der Waals surface area (Å²) in [5.41, 5.74) is 9.57. The Hall–Kier alpha value is -10.6. The van der Waals surface area contributed by atoms with Crippen LogP contribution in [0.25, 0.3) is 0 Å². The van der Waals surface area contributed by atoms with Crippen LogP contribution in [0.5, 0.6) is 0 Å². The second-order valence-electron chi connectivity index (χ2n) is 21.3. The average molecular weight is 1280 g/mol. The molecule has 0 radical (unpaired) electrons. The Morgan fingerprint density at radius 2 is 0.617 bits per heavy atom. The number of hydrogen-bond donors (Lipinski definition) is 7. The van der Waals surface area contributed by atoms with Gasteiger partial charge in [-0.1, -0.05) is 158 Å². The molecule has 0 aliphatic carbocycles. The number of aryl methyl sites for hydroxylation is 1. The summed E-state index contributed by atoms with van der Waals surface area (Å²) in [6.45, 7) is 2.24. The number of hydrogen-bond acceptors (Lipinski definition) is 12. The van der Waals surface area contributed by atoms with Crippen molar-refractivity contribution in [3.8, 4) is 0 Å². The van der Waals surface area contributed by atoms with Gasteiger partial charge >= 0.3 is 5.97 Å². The number of nitrogens with one attached hydrogen (secondary N) is 4. The minimum Gasteiger partial charge on any atom is -0.465 e. The van der Waals surface area contributed by atoms with Gasteiger partial charge in [-0.2, -0.15) is 0 Å². The van der Waals surface area contributed by atoms with Crippen LogP contribution in [0.4, 0.5) is 0 Å². The molecule has 94 heavy (non-hydrogen) atoms. The third kappa shape index (κ3) is 26.3. The van der Waals surface area contributed by atoms with E-state index in [-0.39, 0.29) is 93.1 Å². The zero-order valence-corrected chi connectivity index (χ0v) is 53.7. The maximum atomic E-state index is 12.5. The normalized spacial score (nSPS) is 10.2. The molecule has 19 nitrogen and oxygen atoms in total. The topological polar surface area (TPSA) is 264 Å². The van der Waals surface area contributed by atoms with E-state index < -0.39 is 0 Å². The van der Waals surface area contributed by atoms with Crippen LogP contribution < -0.4 is 21.3 Å². The van der Waals surface area contributed by atoms with E-state index in [2.05, 4.69) is 33.4 Å². The fourth-order valence-electron chi connectivity index (χ4n) is 9.35. The molecule has 0 aliphatic heterocycles. The van der Waals surface area contributed by atoms with Crippen LogP contribution in [0, 0.1) is 0 Å². The first-order chi connectivity index (χ1) is 45.6. The van der Waals surface area contributed by atoms with Gasteiger partial charge in [-0.05, 0) is 112 Å². The van der Waals surface area contributed by atoms with Crippen LogP contribution in [0.1, 0.15) is 97.2 Å². The van der Waals surface area contributed by atoms with E-state index in [1.165, 1.54) is 5.56 Å². The Morgan fingerprint density at radius 1 is 0.330 bits per heavy atom. The van der Waals surface area contributed by atoms with Crippen LogP contribution in [-0.4, -0.2) is 152 Å². The van der Waals surface area contributed by atoms with Crippen molar-refractivity contribution in [1.82, 2.24) is 36.0 Å². The molecule has 0 atom stereocenters. The first kappa shape index (κ1) is 74.1. The second-order valence-corrected chi connectivity index (χ2v) is 21.3. The third-order valence-electron chi connectivity index (χ3n) is 14.5. The van der Waals surface area contributed by atoms with Crippen molar-refractivity contribution in [2.45, 2.75) is 51.7 Å². The van der Waals surface area contributed by atoms with E-state index in [0.29, 0.717) is 67.0 Å². The number of aliphatic hydroxyl groups is 3. The quantitative estimate of drug-likeness (QED) is 0.0193. The first-order valence-corrected chi connectivity index (χ1v) is 30.9. The molecule has 0 spiro atoms. The molecule has 7 amide bonds. The van der Waals surface area contributed by atoms with E-state index in [4.69, 9.17) is 4.74 Å². The van der Waals surface area contributed by atoms with Gasteiger partial charge in [0.1, 0.15) is 0 Å². The standard InChI is InChI=1S/2C19H22N2O3.C19H21NO3.C18H20N2O3/c1-20-19(24)17-9-7-15(8-10-17)13-18(23)21(11-12-22)14-16-5-3-2-4-6-16;1-20-19(24)17-9-7-16(8-10-17)14-21(11-12-22)18(23)13-15-5-3-2-4-6-15;1-20-19(22)17-11-9-16(10-12-17)14-18(21)23-13-5-8-15-6-3-2-4-7-15;1-19-17(22)15-9-7-14(8-10-15)13-20(11-12-21)18(23)16-5-3-2-4-6-16/h2*2-10,22H,11-14H2,1H3,(H,20,24);2-4,6-7,9-12H,5,8,13-14H2,1H3,(H,20,22);2-10,21H,11-13H2,1H3,(H,19,22). The molecule has 8 aromatic rings. The molecular weight excluding hydrogens is 1190 g/mol. The molecule has 0 unspecified atom stereocenters. The monoisotopic (exact) mass is 1280 g/mol. The number of benzene rings is 8. The van der Waals surface area contributed by atoms with Crippen molar-refractivity contribution in [2.24, 2.45) is 0 Å². The molecule has 492 valence electrons. The maximum absolute atomic E-state index is 12.5. The molecule has 7 N–H and O–H groups in total. The van der Waals surface area contributed by atoms with Gasteiger partial charge < -0.3 is 56.0 Å². The van der Waals surface area contributed by atoms with Crippen molar-refractivity contribution < 1.29 is 58.4 Å². The number of nitrogens with zero attached hydrogens (tertiary/aromatic N) is 3. The molecule has 0 saturated heterocycles. The highest BCUT2D eigenvalue weighted by atomic mass is 16.5. The number of carbonyl (C=O) groups is 8. The van der Waals surface area contributed by atoms with Crippen molar-refractivity contribution in [1.29, 1.82) is 0 Å².